The van der Waals surface area contributed by atoms with E-state index in [9.17, 15) is 28.8 Å². The van der Waals surface area contributed by atoms with E-state index in [4.69, 9.17) is 69.6 Å². The van der Waals surface area contributed by atoms with Crippen molar-refractivity contribution in [3.05, 3.63) is 0 Å². The summed E-state index contributed by atoms with van der Waals surface area (Å²) < 4.78 is 0. The van der Waals surface area contributed by atoms with E-state index in [1.54, 1.807) is 0 Å². The van der Waals surface area contributed by atoms with Crippen molar-refractivity contribution in [1.29, 1.82) is 0 Å². The molecule has 0 aromatic carbocycles. The predicted molar refractivity (Wildman–Crippen MR) is 86.1 cm³/mol. The molecule has 12 heteroatoms. The summed E-state index contributed by atoms with van der Waals surface area (Å²) >= 11 is 32.5. The minimum atomic E-state index is -1.78. The van der Waals surface area contributed by atoms with E-state index in [0.717, 1.165) is 0 Å². The summed E-state index contributed by atoms with van der Waals surface area (Å²) in [5.74, 6) is -10.7. The molecular weight excluding hydrogens is 453 g/mol. The fourth-order valence-corrected chi connectivity index (χ4v) is 4.66. The Balaban J connectivity index is 3.77. The van der Waals surface area contributed by atoms with Gasteiger partial charge >= 0.3 is 0 Å². The minimum absolute atomic E-state index is 1.28. The second-order valence-electron chi connectivity index (χ2n) is 4.98. The molecule has 0 heterocycles. The monoisotopic (exact) mass is 456 g/mol. The Bertz CT molecular complexity index is 482. The van der Waals surface area contributed by atoms with Gasteiger partial charge in [-0.3, -0.25) is 28.8 Å². The number of carbonyl (C=O) groups is 6. The average molecular weight is 459 g/mol. The molecule has 0 aromatic rings. The highest BCUT2D eigenvalue weighted by molar-refractivity contribution is 6.72. The lowest BCUT2D eigenvalue weighted by atomic mass is 9.58. The molecule has 6 nitrogen and oxygen atoms in total. The molecule has 1 aliphatic rings. The predicted octanol–water partition coefficient (Wildman–Crippen LogP) is 2.29. The van der Waals surface area contributed by atoms with Crippen molar-refractivity contribution in [1.82, 2.24) is 0 Å². The Morgan fingerprint density at radius 3 is 0.458 bits per heavy atom. The zero-order valence-electron chi connectivity index (χ0n) is 11.2. The van der Waals surface area contributed by atoms with Crippen LogP contribution in [-0.2, 0) is 28.8 Å². The second-order valence-corrected chi connectivity index (χ2v) is 7.21. The summed E-state index contributed by atoms with van der Waals surface area (Å²) in [7, 11) is 0. The Hall–Kier alpha value is -0.240. The molecule has 132 valence electrons. The van der Waals surface area contributed by atoms with E-state index in [1.165, 1.54) is 0 Å². The third kappa shape index (κ3) is 4.11. The quantitative estimate of drug-likeness (QED) is 0.566. The van der Waals surface area contributed by atoms with Gasteiger partial charge in [0, 0.05) is 0 Å². The van der Waals surface area contributed by atoms with Crippen LogP contribution < -0.4 is 0 Å². The van der Waals surface area contributed by atoms with Gasteiger partial charge in [-0.25, -0.2) is 0 Å². The van der Waals surface area contributed by atoms with E-state index in [0.29, 0.717) is 0 Å². The second kappa shape index (κ2) is 8.43. The first kappa shape index (κ1) is 21.8. The molecule has 0 bridgehead atoms. The van der Waals surface area contributed by atoms with E-state index in [2.05, 4.69) is 0 Å². The van der Waals surface area contributed by atoms with Gasteiger partial charge in [-0.2, -0.15) is 0 Å². The van der Waals surface area contributed by atoms with E-state index in [-0.39, 0.29) is 0 Å². The van der Waals surface area contributed by atoms with Crippen LogP contribution in [0.4, 0.5) is 0 Å². The van der Waals surface area contributed by atoms with Crippen molar-refractivity contribution < 1.29 is 28.8 Å². The van der Waals surface area contributed by atoms with Crippen molar-refractivity contribution in [3.63, 3.8) is 0 Å². The molecular formula is C12H6Cl6O6. The first-order chi connectivity index (χ1) is 10.9. The fraction of sp³-hybridized carbons (Fsp3) is 0.500. The van der Waals surface area contributed by atoms with E-state index < -0.39 is 67.0 Å². The maximum atomic E-state index is 11.8. The lowest BCUT2D eigenvalue weighted by molar-refractivity contribution is -0.153. The van der Waals surface area contributed by atoms with Crippen LogP contribution in [0.2, 0.25) is 0 Å². The SMILES string of the molecule is O=C(Cl)C1C(C(=O)Cl)C(C(=O)Cl)C(C(=O)Cl)C(C(=O)Cl)C1C(=O)Cl. The molecule has 0 aromatic heterocycles. The third-order valence-corrected chi connectivity index (χ3v) is 5.41. The molecule has 0 spiro atoms. The molecule has 0 N–H and O–H groups in total. The Kier molecular flexibility index (Phi) is 7.66. The number of halogens is 6. The first-order valence-corrected chi connectivity index (χ1v) is 8.36. The van der Waals surface area contributed by atoms with Gasteiger partial charge in [-0.05, 0) is 69.6 Å². The van der Waals surface area contributed by atoms with Crippen LogP contribution in [0.25, 0.3) is 0 Å². The van der Waals surface area contributed by atoms with E-state index >= 15 is 0 Å². The lowest BCUT2D eigenvalue weighted by Crippen LogP contribution is -2.56. The van der Waals surface area contributed by atoms with Crippen LogP contribution in [0, 0.1) is 35.5 Å². The molecule has 1 aliphatic carbocycles. The highest BCUT2D eigenvalue weighted by atomic mass is 35.5. The van der Waals surface area contributed by atoms with Gasteiger partial charge in [-0.15, -0.1) is 0 Å². The van der Waals surface area contributed by atoms with Crippen LogP contribution in [0.1, 0.15) is 0 Å². The summed E-state index contributed by atoms with van der Waals surface area (Å²) in [5.41, 5.74) is 0. The van der Waals surface area contributed by atoms with Gasteiger partial charge in [0.25, 0.3) is 0 Å². The lowest BCUT2D eigenvalue weighted by Gasteiger charge is -2.44. The molecule has 0 amide bonds. The van der Waals surface area contributed by atoms with Gasteiger partial charge in [-0.1, -0.05) is 0 Å². The Morgan fingerprint density at radius 2 is 0.417 bits per heavy atom. The fourth-order valence-electron chi connectivity index (χ4n) is 3.03. The summed E-state index contributed by atoms with van der Waals surface area (Å²) in [6.45, 7) is 0. The topological polar surface area (TPSA) is 102 Å². The van der Waals surface area contributed by atoms with Crippen molar-refractivity contribution in [2.24, 2.45) is 35.5 Å². The number of rotatable bonds is 6. The molecule has 1 saturated carbocycles. The van der Waals surface area contributed by atoms with Crippen molar-refractivity contribution in [2.45, 2.75) is 0 Å². The van der Waals surface area contributed by atoms with Crippen molar-refractivity contribution in [3.8, 4) is 0 Å². The van der Waals surface area contributed by atoms with Crippen molar-refractivity contribution >= 4 is 101 Å². The van der Waals surface area contributed by atoms with Gasteiger partial charge in [0.1, 0.15) is 0 Å². The first-order valence-electron chi connectivity index (χ1n) is 6.09. The van der Waals surface area contributed by atoms with Gasteiger partial charge in [0.2, 0.25) is 31.5 Å². The summed E-state index contributed by atoms with van der Waals surface area (Å²) in [5, 5.41) is -7.67. The molecule has 0 radical (unpaired) electrons. The molecule has 1 fully saturated rings. The van der Waals surface area contributed by atoms with Gasteiger partial charge in [0.05, 0.1) is 35.5 Å². The highest BCUT2D eigenvalue weighted by Gasteiger charge is 2.62. The number of hydrogen-bond donors (Lipinski definition) is 0. The minimum Gasteiger partial charge on any atom is -0.281 e. The Labute approximate surface area is 165 Å². The molecule has 0 saturated heterocycles. The smallest absolute Gasteiger partial charge is 0.226 e. The summed E-state index contributed by atoms with van der Waals surface area (Å²) in [6.07, 6.45) is 0. The van der Waals surface area contributed by atoms with Crippen LogP contribution in [0.3, 0.4) is 0 Å². The zero-order chi connectivity index (χ0) is 18.9. The third-order valence-electron chi connectivity index (χ3n) is 3.89. The van der Waals surface area contributed by atoms with Crippen molar-refractivity contribution in [2.75, 3.05) is 0 Å². The zero-order valence-corrected chi connectivity index (χ0v) is 15.7. The van der Waals surface area contributed by atoms with Gasteiger partial charge in [0.15, 0.2) is 0 Å². The maximum Gasteiger partial charge on any atom is 0.226 e. The standard InChI is InChI=1S/C12H6Cl6O6/c13-7(19)1-2(8(14)20)4(10(16)22)6(12(18)24)5(11(17)23)3(1)9(15)21/h1-6H. The number of carbonyl (C=O) groups excluding carboxylic acids is 6. The van der Waals surface area contributed by atoms with Crippen LogP contribution in [-0.4, -0.2) is 31.5 Å². The Morgan fingerprint density at radius 1 is 0.333 bits per heavy atom. The maximum absolute atomic E-state index is 11.8. The number of hydrogen-bond acceptors (Lipinski definition) is 6. The average Bonchev–Trinajstić information content (AvgIpc) is 2.42. The molecule has 24 heavy (non-hydrogen) atoms. The summed E-state index contributed by atoms with van der Waals surface area (Å²) in [4.78, 5) is 70.6. The van der Waals surface area contributed by atoms with Gasteiger partial charge < -0.3 is 0 Å². The van der Waals surface area contributed by atoms with Crippen LogP contribution >= 0.6 is 69.6 Å². The normalized spacial score (nSPS) is 32.8. The molecule has 0 unspecified atom stereocenters. The molecule has 0 atom stereocenters. The summed E-state index contributed by atoms with van der Waals surface area (Å²) in [6, 6.07) is 0. The van der Waals surface area contributed by atoms with E-state index in [1.807, 2.05) is 0 Å². The largest absolute Gasteiger partial charge is 0.281 e. The molecule has 1 rings (SSSR count). The highest BCUT2D eigenvalue weighted by Crippen LogP contribution is 2.51. The van der Waals surface area contributed by atoms with Crippen LogP contribution in [0.15, 0.2) is 0 Å². The molecule has 0 aliphatic heterocycles. The van der Waals surface area contributed by atoms with Crippen LogP contribution in [0.5, 0.6) is 0 Å².